The minimum Gasteiger partial charge on any atom is -0.348 e. The highest BCUT2D eigenvalue weighted by Gasteiger charge is 2.62. The Morgan fingerprint density at radius 3 is 2.28 bits per heavy atom. The number of hydrogen-bond acceptors (Lipinski definition) is 3. The van der Waals surface area contributed by atoms with Gasteiger partial charge in [-0.1, -0.05) is 18.2 Å². The van der Waals surface area contributed by atoms with Crippen LogP contribution >= 0.6 is 0 Å². The van der Waals surface area contributed by atoms with E-state index in [1.54, 1.807) is 6.92 Å². The average molecular weight is 395 g/mol. The third-order valence-corrected chi connectivity index (χ3v) is 7.96. The van der Waals surface area contributed by atoms with Crippen molar-refractivity contribution in [2.24, 2.45) is 23.7 Å². The average Bonchev–Trinajstić information content (AvgIpc) is 3.41. The van der Waals surface area contributed by atoms with Crippen molar-refractivity contribution in [2.75, 3.05) is 0 Å². The number of benzene rings is 1. The fraction of sp³-hybridized carbons (Fsp3) is 0.625. The Labute approximate surface area is 172 Å². The summed E-state index contributed by atoms with van der Waals surface area (Å²) in [5, 5.41) is 3.04. The third kappa shape index (κ3) is 2.92. The molecule has 29 heavy (non-hydrogen) atoms. The lowest BCUT2D eigenvalue weighted by molar-refractivity contribution is -0.148. The molecule has 1 aromatic carbocycles. The van der Waals surface area contributed by atoms with Crippen LogP contribution in [0.3, 0.4) is 0 Å². The predicted octanol–water partition coefficient (Wildman–Crippen LogP) is 3.16. The van der Waals surface area contributed by atoms with Crippen molar-refractivity contribution in [3.05, 3.63) is 34.9 Å². The molecule has 5 rings (SSSR count). The molecule has 3 fully saturated rings. The van der Waals surface area contributed by atoms with Crippen LogP contribution in [-0.2, 0) is 27.2 Å². The van der Waals surface area contributed by atoms with Gasteiger partial charge in [-0.25, -0.2) is 0 Å². The molecule has 6 atom stereocenters. The SMILES string of the molecule is C[C@H](NC(=O)[C@@H](C)N1C(=O)[C@@H]2[C@H]3CC[C@@H](C3)[C@@H]2C1=O)c1ccc2c(c1)CCCC2. The molecule has 5 heteroatoms. The highest BCUT2D eigenvalue weighted by molar-refractivity contribution is 6.09. The monoisotopic (exact) mass is 394 g/mol. The van der Waals surface area contributed by atoms with Gasteiger partial charge < -0.3 is 5.32 Å². The molecule has 2 saturated carbocycles. The van der Waals surface area contributed by atoms with Crippen LogP contribution in [0.5, 0.6) is 0 Å². The van der Waals surface area contributed by atoms with E-state index >= 15 is 0 Å². The summed E-state index contributed by atoms with van der Waals surface area (Å²) in [6, 6.07) is 5.58. The molecule has 5 nitrogen and oxygen atoms in total. The fourth-order valence-electron chi connectivity index (χ4n) is 6.37. The molecule has 0 aromatic heterocycles. The summed E-state index contributed by atoms with van der Waals surface area (Å²) >= 11 is 0. The molecule has 2 bridgehead atoms. The number of likely N-dealkylation sites (tertiary alicyclic amines) is 1. The first kappa shape index (κ1) is 18.8. The van der Waals surface area contributed by atoms with Gasteiger partial charge in [-0.15, -0.1) is 0 Å². The first-order chi connectivity index (χ1) is 14.0. The fourth-order valence-corrected chi connectivity index (χ4v) is 6.37. The number of carbonyl (C=O) groups excluding carboxylic acids is 3. The number of aryl methyl sites for hydroxylation is 2. The van der Waals surface area contributed by atoms with E-state index in [0.717, 1.165) is 37.7 Å². The van der Waals surface area contributed by atoms with Crippen molar-refractivity contribution >= 4 is 17.7 Å². The van der Waals surface area contributed by atoms with Gasteiger partial charge in [0.25, 0.3) is 0 Å². The molecule has 1 heterocycles. The highest BCUT2D eigenvalue weighted by Crippen LogP contribution is 2.56. The maximum atomic E-state index is 13.0. The quantitative estimate of drug-likeness (QED) is 0.798. The number of hydrogen-bond donors (Lipinski definition) is 1. The van der Waals surface area contributed by atoms with E-state index in [1.165, 1.54) is 28.9 Å². The molecule has 0 radical (unpaired) electrons. The molecule has 0 spiro atoms. The van der Waals surface area contributed by atoms with Crippen LogP contribution in [0.1, 0.15) is 68.7 Å². The van der Waals surface area contributed by atoms with Gasteiger partial charge in [0.05, 0.1) is 17.9 Å². The second-order valence-electron chi connectivity index (χ2n) is 9.57. The second kappa shape index (κ2) is 6.96. The number of carbonyl (C=O) groups is 3. The Bertz CT molecular complexity index is 851. The summed E-state index contributed by atoms with van der Waals surface area (Å²) < 4.78 is 0. The van der Waals surface area contributed by atoms with Gasteiger partial charge in [-0.2, -0.15) is 0 Å². The van der Waals surface area contributed by atoms with Crippen molar-refractivity contribution < 1.29 is 14.4 Å². The highest BCUT2D eigenvalue weighted by atomic mass is 16.2. The van der Waals surface area contributed by atoms with Gasteiger partial charge in [-0.3, -0.25) is 19.3 Å². The van der Waals surface area contributed by atoms with Crippen LogP contribution in [0, 0.1) is 23.7 Å². The number of fused-ring (bicyclic) bond motifs is 6. The first-order valence-electron chi connectivity index (χ1n) is 11.2. The van der Waals surface area contributed by atoms with E-state index in [4.69, 9.17) is 0 Å². The third-order valence-electron chi connectivity index (χ3n) is 7.96. The smallest absolute Gasteiger partial charge is 0.243 e. The molecule has 3 aliphatic carbocycles. The van der Waals surface area contributed by atoms with Gasteiger partial charge in [-0.05, 0) is 87.3 Å². The van der Waals surface area contributed by atoms with Crippen LogP contribution in [0.15, 0.2) is 18.2 Å². The zero-order valence-electron chi connectivity index (χ0n) is 17.3. The summed E-state index contributed by atoms with van der Waals surface area (Å²) in [5.41, 5.74) is 3.89. The van der Waals surface area contributed by atoms with Crippen molar-refractivity contribution in [3.8, 4) is 0 Å². The Balaban J connectivity index is 1.28. The van der Waals surface area contributed by atoms with Crippen molar-refractivity contribution in [3.63, 3.8) is 0 Å². The van der Waals surface area contributed by atoms with E-state index in [2.05, 4.69) is 23.5 Å². The lowest BCUT2D eigenvalue weighted by atomic mass is 9.81. The van der Waals surface area contributed by atoms with Gasteiger partial charge in [0.1, 0.15) is 6.04 Å². The Morgan fingerprint density at radius 1 is 1.00 bits per heavy atom. The molecule has 1 aromatic rings. The van der Waals surface area contributed by atoms with Gasteiger partial charge in [0, 0.05) is 0 Å². The molecule has 0 unspecified atom stereocenters. The normalized spacial score (nSPS) is 32.1. The zero-order chi connectivity index (χ0) is 20.3. The van der Waals surface area contributed by atoms with Crippen molar-refractivity contribution in [2.45, 2.75) is 70.9 Å². The minimum absolute atomic E-state index is 0.115. The number of nitrogens with one attached hydrogen (secondary N) is 1. The van der Waals surface area contributed by atoms with Crippen LogP contribution in [0.2, 0.25) is 0 Å². The van der Waals surface area contributed by atoms with E-state index in [-0.39, 0.29) is 35.6 Å². The molecule has 4 aliphatic rings. The van der Waals surface area contributed by atoms with E-state index in [1.807, 2.05) is 6.92 Å². The lowest BCUT2D eigenvalue weighted by Crippen LogP contribution is -2.49. The number of nitrogens with zero attached hydrogens (tertiary/aromatic N) is 1. The lowest BCUT2D eigenvalue weighted by Gasteiger charge is -2.26. The van der Waals surface area contributed by atoms with E-state index in [0.29, 0.717) is 11.8 Å². The number of imide groups is 1. The number of rotatable bonds is 4. The van der Waals surface area contributed by atoms with Gasteiger partial charge >= 0.3 is 0 Å². The molecule has 1 aliphatic heterocycles. The molecule has 3 amide bonds. The van der Waals surface area contributed by atoms with Crippen LogP contribution < -0.4 is 5.32 Å². The standard InChI is InChI=1S/C24H30N2O3/c1-13(16-8-7-15-5-3-4-6-17(15)11-16)25-22(27)14(2)26-23(28)20-18-9-10-19(12-18)21(20)24(26)29/h7-8,11,13-14,18-21H,3-6,9-10,12H2,1-2H3,(H,25,27)/t13-,14+,18-,19-,20-,21+/m0/s1. The van der Waals surface area contributed by atoms with Crippen LogP contribution in [-0.4, -0.2) is 28.7 Å². The molecule has 154 valence electrons. The maximum Gasteiger partial charge on any atom is 0.243 e. The molecule has 1 N–H and O–H groups in total. The summed E-state index contributed by atoms with van der Waals surface area (Å²) in [7, 11) is 0. The zero-order valence-corrected chi connectivity index (χ0v) is 17.3. The van der Waals surface area contributed by atoms with Crippen molar-refractivity contribution in [1.29, 1.82) is 0 Å². The molecular weight excluding hydrogens is 364 g/mol. The minimum atomic E-state index is -0.750. The predicted molar refractivity (Wildman–Crippen MR) is 109 cm³/mol. The largest absolute Gasteiger partial charge is 0.348 e. The molecular formula is C24H30N2O3. The van der Waals surface area contributed by atoms with Crippen molar-refractivity contribution in [1.82, 2.24) is 10.2 Å². The topological polar surface area (TPSA) is 66.5 Å². The summed E-state index contributed by atoms with van der Waals surface area (Å²) in [5.74, 6) is -0.131. The Hall–Kier alpha value is -2.17. The number of amides is 3. The Morgan fingerprint density at radius 2 is 1.62 bits per heavy atom. The Kier molecular flexibility index (Phi) is 4.52. The first-order valence-corrected chi connectivity index (χ1v) is 11.2. The van der Waals surface area contributed by atoms with Crippen LogP contribution in [0.4, 0.5) is 0 Å². The summed E-state index contributed by atoms with van der Waals surface area (Å²) in [6.45, 7) is 3.66. The van der Waals surface area contributed by atoms with E-state index in [9.17, 15) is 14.4 Å². The van der Waals surface area contributed by atoms with Crippen LogP contribution in [0.25, 0.3) is 0 Å². The van der Waals surface area contributed by atoms with Gasteiger partial charge in [0.15, 0.2) is 0 Å². The van der Waals surface area contributed by atoms with Gasteiger partial charge in [0.2, 0.25) is 17.7 Å². The summed E-state index contributed by atoms with van der Waals surface area (Å²) in [4.78, 5) is 40.2. The molecule has 1 saturated heterocycles. The second-order valence-corrected chi connectivity index (χ2v) is 9.57. The van der Waals surface area contributed by atoms with E-state index < -0.39 is 6.04 Å². The summed E-state index contributed by atoms with van der Waals surface area (Å²) in [6.07, 6.45) is 7.81. The maximum absolute atomic E-state index is 13.0.